The number of aliphatic carboxylic acids is 3. The van der Waals surface area contributed by atoms with E-state index in [1.807, 2.05) is 34.9 Å². The number of aromatic nitrogens is 1. The molecule has 8 amide bonds. The summed E-state index contributed by atoms with van der Waals surface area (Å²) in [6.07, 6.45) is -0.105. The van der Waals surface area contributed by atoms with Crippen molar-refractivity contribution in [2.24, 2.45) is 5.73 Å². The van der Waals surface area contributed by atoms with E-state index >= 15 is 0 Å². The second-order valence-electron chi connectivity index (χ2n) is 13.6. The zero-order chi connectivity index (χ0) is 46.0. The zero-order valence-electron chi connectivity index (χ0n) is 33.2. The first-order chi connectivity index (χ1) is 28.6. The lowest BCUT2D eigenvalue weighted by molar-refractivity contribution is -0.143. The maximum Gasteiger partial charge on any atom is 0.326 e. The number of nitrogens with one attached hydrogen (secondary N) is 9. The fourth-order valence-electron chi connectivity index (χ4n) is 5.31. The molecule has 2 aromatic rings. The molecule has 0 aliphatic rings. The average molecular weight is 863 g/mol. The minimum Gasteiger partial charge on any atom is -0.481 e. The number of carbonyl (C=O) groups excluding carboxylic acids is 8. The molecule has 334 valence electrons. The van der Waals surface area contributed by atoms with Crippen molar-refractivity contribution in [2.75, 3.05) is 19.7 Å². The van der Waals surface area contributed by atoms with Crippen LogP contribution in [0.4, 0.5) is 0 Å². The molecule has 15 N–H and O–H groups in total. The molecule has 0 aliphatic carbocycles. The van der Waals surface area contributed by atoms with E-state index < -0.39 is 146 Å². The van der Waals surface area contributed by atoms with Crippen LogP contribution in [0.15, 0.2) is 30.5 Å². The minimum atomic E-state index is -1.80. The lowest BCUT2D eigenvalue weighted by Gasteiger charge is -2.23. The van der Waals surface area contributed by atoms with Crippen molar-refractivity contribution in [1.82, 2.24) is 47.5 Å². The second-order valence-corrected chi connectivity index (χ2v) is 13.6. The predicted molar refractivity (Wildman–Crippen MR) is 208 cm³/mol. The van der Waals surface area contributed by atoms with Crippen LogP contribution in [0.3, 0.4) is 0 Å². The molecule has 0 bridgehead atoms. The maximum absolute atomic E-state index is 13.0. The van der Waals surface area contributed by atoms with Gasteiger partial charge in [-0.2, -0.15) is 0 Å². The topological polar surface area (TPSA) is 407 Å². The van der Waals surface area contributed by atoms with Gasteiger partial charge in [0, 0.05) is 23.5 Å². The lowest BCUT2D eigenvalue weighted by Crippen LogP contribution is -2.58. The number of hydrogen-bond donors (Lipinski definition) is 14. The Hall–Kier alpha value is -7.15. The molecule has 25 nitrogen and oxygen atoms in total. The van der Waals surface area contributed by atoms with Gasteiger partial charge in [0.25, 0.3) is 0 Å². The van der Waals surface area contributed by atoms with E-state index in [0.29, 0.717) is 0 Å². The minimum absolute atomic E-state index is 0.175. The number of carboxylic acids is 3. The van der Waals surface area contributed by atoms with Crippen LogP contribution in [-0.2, 0) is 59.2 Å². The Morgan fingerprint density at radius 3 is 1.75 bits per heavy atom. The largest absolute Gasteiger partial charge is 0.481 e. The number of aliphatic hydroxyl groups excluding tert-OH is 1. The molecule has 61 heavy (non-hydrogen) atoms. The number of fused-ring (bicyclic) bond motifs is 1. The van der Waals surface area contributed by atoms with Gasteiger partial charge >= 0.3 is 17.9 Å². The Balaban J connectivity index is 1.85. The number of H-pyrrole nitrogens is 1. The predicted octanol–water partition coefficient (Wildman–Crippen LogP) is -5.35. The summed E-state index contributed by atoms with van der Waals surface area (Å²) in [4.78, 5) is 138. The summed E-state index contributed by atoms with van der Waals surface area (Å²) in [6.45, 7) is 1.16. The Morgan fingerprint density at radius 2 is 1.16 bits per heavy atom. The van der Waals surface area contributed by atoms with Crippen molar-refractivity contribution < 1.29 is 73.2 Å². The van der Waals surface area contributed by atoms with Crippen LogP contribution in [0, 0.1) is 0 Å². The van der Waals surface area contributed by atoms with Crippen LogP contribution in [0.5, 0.6) is 0 Å². The summed E-state index contributed by atoms with van der Waals surface area (Å²) in [6, 6.07) is -2.68. The van der Waals surface area contributed by atoms with Gasteiger partial charge in [-0.25, -0.2) is 4.79 Å². The number of carboxylic acid groups (broad SMARTS) is 3. The summed E-state index contributed by atoms with van der Waals surface area (Å²) in [5.74, 6) is -12.1. The normalized spacial score (nSPS) is 14.2. The number of carbonyl (C=O) groups is 11. The van der Waals surface area contributed by atoms with Crippen LogP contribution < -0.4 is 48.3 Å². The Kier molecular flexibility index (Phi) is 19.7. The van der Waals surface area contributed by atoms with Crippen molar-refractivity contribution in [3.63, 3.8) is 0 Å². The number of hydrogen-bond acceptors (Lipinski definition) is 13. The summed E-state index contributed by atoms with van der Waals surface area (Å²) >= 11 is 0. The molecule has 0 saturated heterocycles. The highest BCUT2D eigenvalue weighted by atomic mass is 16.4. The average Bonchev–Trinajstić information content (AvgIpc) is 3.60. The molecule has 2 rings (SSSR count). The van der Waals surface area contributed by atoms with Gasteiger partial charge in [-0.1, -0.05) is 18.2 Å². The fourth-order valence-corrected chi connectivity index (χ4v) is 5.31. The fraction of sp³-hybridized carbons (Fsp3) is 0.472. The number of nitrogens with two attached hydrogens (primary N) is 1. The van der Waals surface area contributed by atoms with Crippen molar-refractivity contribution >= 4 is 76.1 Å². The van der Waals surface area contributed by atoms with Gasteiger partial charge in [0.1, 0.15) is 36.3 Å². The van der Waals surface area contributed by atoms with Crippen molar-refractivity contribution in [1.29, 1.82) is 0 Å². The molecule has 25 heteroatoms. The first-order valence-corrected chi connectivity index (χ1v) is 18.6. The first kappa shape index (κ1) is 50.0. The quantitative estimate of drug-likeness (QED) is 0.0443. The van der Waals surface area contributed by atoms with Crippen LogP contribution in [0.1, 0.15) is 45.6 Å². The van der Waals surface area contributed by atoms with Gasteiger partial charge in [0.15, 0.2) is 0 Å². The highest BCUT2D eigenvalue weighted by molar-refractivity contribution is 5.98. The summed E-state index contributed by atoms with van der Waals surface area (Å²) in [7, 11) is 0. The molecule has 0 saturated carbocycles. The first-order valence-electron chi connectivity index (χ1n) is 18.6. The van der Waals surface area contributed by atoms with E-state index in [1.165, 1.54) is 13.8 Å². The van der Waals surface area contributed by atoms with E-state index in [2.05, 4.69) is 36.9 Å². The van der Waals surface area contributed by atoms with Gasteiger partial charge in [0.2, 0.25) is 47.3 Å². The molecule has 0 fully saturated rings. The van der Waals surface area contributed by atoms with Gasteiger partial charge < -0.3 is 73.7 Å². The molecule has 0 unspecified atom stereocenters. The van der Waals surface area contributed by atoms with Gasteiger partial charge in [-0.05, 0) is 45.2 Å². The molecule has 1 heterocycles. The molecule has 0 radical (unpaired) electrons. The number of aliphatic hydroxyl groups is 1. The maximum atomic E-state index is 13.0. The lowest BCUT2D eigenvalue weighted by atomic mass is 10.0. The van der Waals surface area contributed by atoms with Gasteiger partial charge in [-0.3, -0.25) is 47.9 Å². The number of para-hydroxylation sites is 1. The third-order valence-corrected chi connectivity index (χ3v) is 8.68. The molecule has 0 spiro atoms. The highest BCUT2D eigenvalue weighted by Gasteiger charge is 2.31. The second kappa shape index (κ2) is 24.1. The molecule has 1 aromatic carbocycles. The number of amides is 8. The highest BCUT2D eigenvalue weighted by Crippen LogP contribution is 2.18. The molecule has 0 aliphatic heterocycles. The summed E-state index contributed by atoms with van der Waals surface area (Å²) < 4.78 is 0. The van der Waals surface area contributed by atoms with E-state index in [0.717, 1.165) is 23.4 Å². The number of rotatable bonds is 25. The van der Waals surface area contributed by atoms with Crippen LogP contribution in [0.25, 0.3) is 10.9 Å². The van der Waals surface area contributed by atoms with Crippen molar-refractivity contribution in [2.45, 2.75) is 88.7 Å². The van der Waals surface area contributed by atoms with Crippen LogP contribution in [0.2, 0.25) is 0 Å². The molecule has 1 aromatic heterocycles. The molecule has 7 atom stereocenters. The van der Waals surface area contributed by atoms with Gasteiger partial charge in [0.05, 0.1) is 32.2 Å². The van der Waals surface area contributed by atoms with Crippen molar-refractivity contribution in [3.05, 3.63) is 36.0 Å². The third-order valence-electron chi connectivity index (χ3n) is 8.68. The Morgan fingerprint density at radius 1 is 0.623 bits per heavy atom. The van der Waals surface area contributed by atoms with E-state index in [1.54, 1.807) is 6.20 Å². The van der Waals surface area contributed by atoms with Crippen molar-refractivity contribution in [3.8, 4) is 0 Å². The summed E-state index contributed by atoms with van der Waals surface area (Å²) in [5, 5.41) is 55.2. The third kappa shape index (κ3) is 16.9. The summed E-state index contributed by atoms with van der Waals surface area (Å²) in [5.41, 5.74) is 7.72. The Labute approximate surface area is 346 Å². The monoisotopic (exact) mass is 862 g/mol. The zero-order valence-corrected chi connectivity index (χ0v) is 33.2. The molecular formula is C36H50N10O15. The number of benzene rings is 1. The SMILES string of the molecule is C[C@H](NC(=O)[C@H](CC(=O)O)NC(=O)[C@@H](C)NC(=O)CNC(=O)[C@H](C)NC(=O)[C@@H](N)Cc1c[nH]c2ccccc12)C(=O)N[C@@H](CO)C(=O)NCC(=O)N[C@@H](CCC(=O)O)C(=O)O. The van der Waals surface area contributed by atoms with E-state index in [9.17, 15) is 63.0 Å². The van der Waals surface area contributed by atoms with Crippen LogP contribution >= 0.6 is 0 Å². The smallest absolute Gasteiger partial charge is 0.326 e. The van der Waals surface area contributed by atoms with E-state index in [4.69, 9.17) is 15.9 Å². The van der Waals surface area contributed by atoms with Crippen LogP contribution in [-0.4, -0.2) is 153 Å². The number of aromatic amines is 1. The Bertz CT molecular complexity index is 1970. The van der Waals surface area contributed by atoms with E-state index in [-0.39, 0.29) is 6.42 Å². The van der Waals surface area contributed by atoms with Gasteiger partial charge in [-0.15, -0.1) is 0 Å². The standard InChI is InChI=1S/C36H50N10O15/c1-16(42-33(57)21(37)10-19-12-38-22-7-5-4-6-20(19)22)30(54)39-13-26(48)41-17(2)31(55)45-24(11-29(52)53)35(59)43-18(3)32(56)46-25(15-47)34(58)40-14-27(49)44-23(36(60)61)8-9-28(50)51/h4-7,12,16-18,21,23-25,38,47H,8-11,13-15,37H2,1-3H3,(H,39,54)(H,40,58)(H,41,48)(H,42,57)(H,43,59)(H,44,49)(H,45,55)(H,46,56)(H,50,51)(H,52,53)(H,60,61)/t16-,17+,18-,21-,23-,24-,25-/m0/s1. The molecular weight excluding hydrogens is 812 g/mol.